The van der Waals surface area contributed by atoms with Crippen molar-refractivity contribution in [1.29, 1.82) is 0 Å². The van der Waals surface area contributed by atoms with Crippen LogP contribution >= 0.6 is 0 Å². The molecule has 2 rings (SSSR count). The van der Waals surface area contributed by atoms with E-state index in [4.69, 9.17) is 0 Å². The molecule has 0 saturated carbocycles. The maximum Gasteiger partial charge on any atom is 0.0471 e. The summed E-state index contributed by atoms with van der Waals surface area (Å²) in [6, 6.07) is 0.784. The van der Waals surface area contributed by atoms with E-state index in [1.165, 1.54) is 45.1 Å². The van der Waals surface area contributed by atoms with Crippen LogP contribution in [-0.4, -0.2) is 23.8 Å². The highest BCUT2D eigenvalue weighted by Gasteiger charge is 2.22. The minimum atomic E-state index is 0.784. The minimum absolute atomic E-state index is 0.784. The van der Waals surface area contributed by atoms with Gasteiger partial charge in [-0.1, -0.05) is 6.42 Å². The smallest absolute Gasteiger partial charge is 0.0471 e. The monoisotopic (exact) mass is 152 g/mol. The Bertz CT molecular complexity index is 154. The summed E-state index contributed by atoms with van der Waals surface area (Å²) in [5, 5.41) is 6.74. The molecule has 0 amide bonds. The normalized spacial score (nSPS) is 34.2. The molecule has 1 fully saturated rings. The first-order valence-corrected chi connectivity index (χ1v) is 4.76. The van der Waals surface area contributed by atoms with Crippen molar-refractivity contribution in [2.24, 2.45) is 5.10 Å². The van der Waals surface area contributed by atoms with Crippen LogP contribution in [0.25, 0.3) is 0 Å². The van der Waals surface area contributed by atoms with Gasteiger partial charge in [0.2, 0.25) is 0 Å². The van der Waals surface area contributed by atoms with Crippen LogP contribution in [0.15, 0.2) is 5.10 Å². The molecule has 0 N–H and O–H groups in total. The van der Waals surface area contributed by atoms with E-state index in [1.54, 1.807) is 0 Å². The second-order valence-electron chi connectivity index (χ2n) is 3.54. The Hall–Kier alpha value is -0.530. The number of nitrogens with zero attached hydrogens (tertiary/aromatic N) is 2. The number of hydrogen-bond acceptors (Lipinski definition) is 2. The molecule has 0 spiro atoms. The molecule has 11 heavy (non-hydrogen) atoms. The molecular formula is C9H16N2. The van der Waals surface area contributed by atoms with Crippen molar-refractivity contribution in [1.82, 2.24) is 5.01 Å². The SMILES string of the molecule is C1=N\N2CCCC2CCCC/1. The molecule has 2 nitrogen and oxygen atoms in total. The van der Waals surface area contributed by atoms with E-state index >= 15 is 0 Å². The topological polar surface area (TPSA) is 15.6 Å². The largest absolute Gasteiger partial charge is 0.294 e. The molecule has 0 aromatic carbocycles. The molecule has 0 aliphatic carbocycles. The fraction of sp³-hybridized carbons (Fsp3) is 0.889. The van der Waals surface area contributed by atoms with Crippen LogP contribution in [0.4, 0.5) is 0 Å². The average molecular weight is 152 g/mol. The van der Waals surface area contributed by atoms with Gasteiger partial charge in [0.15, 0.2) is 0 Å². The average Bonchev–Trinajstić information content (AvgIpc) is 2.35. The van der Waals surface area contributed by atoms with Crippen LogP contribution < -0.4 is 0 Å². The van der Waals surface area contributed by atoms with E-state index < -0.39 is 0 Å². The van der Waals surface area contributed by atoms with Crippen molar-refractivity contribution in [3.63, 3.8) is 0 Å². The zero-order chi connectivity index (χ0) is 7.52. The van der Waals surface area contributed by atoms with Crippen molar-refractivity contribution in [2.75, 3.05) is 6.54 Å². The van der Waals surface area contributed by atoms with Crippen molar-refractivity contribution < 1.29 is 0 Å². The Balaban J connectivity index is 2.01. The fourth-order valence-electron chi connectivity index (χ4n) is 2.04. The summed E-state index contributed by atoms with van der Waals surface area (Å²) >= 11 is 0. The number of rotatable bonds is 0. The second-order valence-corrected chi connectivity index (χ2v) is 3.54. The number of hydrazone groups is 1. The van der Waals surface area contributed by atoms with Crippen LogP contribution in [0.3, 0.4) is 0 Å². The van der Waals surface area contributed by atoms with Crippen molar-refractivity contribution in [3.05, 3.63) is 0 Å². The summed E-state index contributed by atoms with van der Waals surface area (Å²) in [6.07, 6.45) is 10.1. The third-order valence-electron chi connectivity index (χ3n) is 2.70. The van der Waals surface area contributed by atoms with E-state index in [-0.39, 0.29) is 0 Å². The molecule has 1 unspecified atom stereocenters. The number of fused-ring (bicyclic) bond motifs is 1. The zero-order valence-electron chi connectivity index (χ0n) is 7.00. The lowest BCUT2D eigenvalue weighted by Gasteiger charge is -2.22. The van der Waals surface area contributed by atoms with Gasteiger partial charge in [-0.05, 0) is 32.1 Å². The number of hydrogen-bond donors (Lipinski definition) is 0. The first-order valence-electron chi connectivity index (χ1n) is 4.76. The molecule has 2 heteroatoms. The third-order valence-corrected chi connectivity index (χ3v) is 2.70. The maximum absolute atomic E-state index is 4.45. The van der Waals surface area contributed by atoms with Crippen LogP contribution in [-0.2, 0) is 0 Å². The van der Waals surface area contributed by atoms with Crippen LogP contribution in [0, 0.1) is 0 Å². The first kappa shape index (κ1) is 7.14. The standard InChI is InChI=1S/C9H16N2/c1-2-5-9-6-4-8-11(9)10-7-3-1/h7,9H,1-6,8H2/b10-7-. The lowest BCUT2D eigenvalue weighted by Crippen LogP contribution is -2.25. The van der Waals surface area contributed by atoms with Gasteiger partial charge >= 0.3 is 0 Å². The minimum Gasteiger partial charge on any atom is -0.294 e. The van der Waals surface area contributed by atoms with Gasteiger partial charge in [-0.3, -0.25) is 5.01 Å². The Morgan fingerprint density at radius 1 is 1.18 bits per heavy atom. The van der Waals surface area contributed by atoms with Crippen molar-refractivity contribution in [2.45, 2.75) is 44.6 Å². The molecule has 0 aromatic rings. The summed E-state index contributed by atoms with van der Waals surface area (Å²) in [6.45, 7) is 1.20. The molecule has 0 radical (unpaired) electrons. The van der Waals surface area contributed by atoms with Gasteiger partial charge in [0.05, 0.1) is 0 Å². The summed E-state index contributed by atoms with van der Waals surface area (Å²) < 4.78 is 0. The lowest BCUT2D eigenvalue weighted by molar-refractivity contribution is 0.247. The highest BCUT2D eigenvalue weighted by atomic mass is 15.5. The molecule has 1 atom stereocenters. The van der Waals surface area contributed by atoms with Gasteiger partial charge in [0, 0.05) is 18.8 Å². The predicted molar refractivity (Wildman–Crippen MR) is 46.7 cm³/mol. The second kappa shape index (κ2) is 3.24. The van der Waals surface area contributed by atoms with Crippen LogP contribution in [0.1, 0.15) is 38.5 Å². The fourth-order valence-corrected chi connectivity index (χ4v) is 2.04. The van der Waals surface area contributed by atoms with E-state index in [1.807, 2.05) is 0 Å². The Morgan fingerprint density at radius 2 is 2.09 bits per heavy atom. The molecule has 0 bridgehead atoms. The highest BCUT2D eigenvalue weighted by molar-refractivity contribution is 5.56. The van der Waals surface area contributed by atoms with Crippen LogP contribution in [0.2, 0.25) is 0 Å². The van der Waals surface area contributed by atoms with E-state index in [2.05, 4.69) is 16.3 Å². The van der Waals surface area contributed by atoms with Crippen molar-refractivity contribution in [3.8, 4) is 0 Å². The van der Waals surface area contributed by atoms with Gasteiger partial charge in [-0.25, -0.2) is 0 Å². The molecule has 2 aliphatic heterocycles. The Morgan fingerprint density at radius 3 is 3.09 bits per heavy atom. The van der Waals surface area contributed by atoms with Gasteiger partial charge in [-0.2, -0.15) is 5.10 Å². The molecular weight excluding hydrogens is 136 g/mol. The Kier molecular flexibility index (Phi) is 2.11. The van der Waals surface area contributed by atoms with E-state index in [9.17, 15) is 0 Å². The quantitative estimate of drug-likeness (QED) is 0.518. The molecule has 0 aromatic heterocycles. The predicted octanol–water partition coefficient (Wildman–Crippen LogP) is 2.01. The van der Waals surface area contributed by atoms with Crippen LogP contribution in [0.5, 0.6) is 0 Å². The third kappa shape index (κ3) is 1.55. The zero-order valence-corrected chi connectivity index (χ0v) is 7.00. The lowest BCUT2D eigenvalue weighted by atomic mass is 10.1. The van der Waals surface area contributed by atoms with Gasteiger partial charge in [0.1, 0.15) is 0 Å². The molecule has 2 heterocycles. The van der Waals surface area contributed by atoms with Gasteiger partial charge in [-0.15, -0.1) is 0 Å². The molecule has 62 valence electrons. The maximum atomic E-state index is 4.45. The Labute approximate surface area is 68.3 Å². The highest BCUT2D eigenvalue weighted by Crippen LogP contribution is 2.23. The van der Waals surface area contributed by atoms with E-state index in [0.717, 1.165) is 6.04 Å². The summed E-state index contributed by atoms with van der Waals surface area (Å²) in [5.41, 5.74) is 0. The van der Waals surface area contributed by atoms with E-state index in [0.29, 0.717) is 0 Å². The first-order chi connectivity index (χ1) is 5.47. The van der Waals surface area contributed by atoms with Gasteiger partial charge in [0.25, 0.3) is 0 Å². The van der Waals surface area contributed by atoms with Gasteiger partial charge < -0.3 is 0 Å². The summed E-state index contributed by atoms with van der Waals surface area (Å²) in [4.78, 5) is 0. The summed E-state index contributed by atoms with van der Waals surface area (Å²) in [7, 11) is 0. The van der Waals surface area contributed by atoms with Crippen molar-refractivity contribution >= 4 is 6.21 Å². The molecule has 2 aliphatic rings. The molecule has 1 saturated heterocycles. The summed E-state index contributed by atoms with van der Waals surface area (Å²) in [5.74, 6) is 0.